The number of hydrogen-bond donors (Lipinski definition) is 1. The summed E-state index contributed by atoms with van der Waals surface area (Å²) in [5, 5.41) is 3.43. The number of carbonyl (C=O) groups is 1. The van der Waals surface area contributed by atoms with Crippen molar-refractivity contribution in [1.82, 2.24) is 0 Å². The van der Waals surface area contributed by atoms with Gasteiger partial charge in [0.1, 0.15) is 18.2 Å². The van der Waals surface area contributed by atoms with Gasteiger partial charge < -0.3 is 14.8 Å². The normalized spacial score (nSPS) is 16.9. The van der Waals surface area contributed by atoms with Gasteiger partial charge in [0.25, 0.3) is 5.91 Å². The van der Waals surface area contributed by atoms with Crippen LogP contribution in [0.1, 0.15) is 34.5 Å². The average molecular weight is 399 g/mol. The number of benzene rings is 2. The molecule has 0 bridgehead atoms. The van der Waals surface area contributed by atoms with Gasteiger partial charge in [-0.25, -0.2) is 4.39 Å². The predicted octanol–water partition coefficient (Wildman–Crippen LogP) is 5.55. The minimum atomic E-state index is -0.304. The second kappa shape index (κ2) is 8.29. The van der Waals surface area contributed by atoms with Crippen LogP contribution < -0.4 is 10.1 Å². The fourth-order valence-electron chi connectivity index (χ4n) is 3.47. The first-order chi connectivity index (χ1) is 13.6. The summed E-state index contributed by atoms with van der Waals surface area (Å²) in [4.78, 5) is 13.4. The first-order valence-electron chi connectivity index (χ1n) is 9.46. The van der Waals surface area contributed by atoms with Gasteiger partial charge in [-0.1, -0.05) is 18.2 Å². The molecule has 1 fully saturated rings. The Labute approximate surface area is 167 Å². The number of halogens is 1. The van der Waals surface area contributed by atoms with Crippen molar-refractivity contribution in [2.24, 2.45) is 0 Å². The molecule has 0 spiro atoms. The molecule has 1 atom stereocenters. The molecule has 1 N–H and O–H groups in total. The van der Waals surface area contributed by atoms with Crippen LogP contribution in [0.4, 0.5) is 10.1 Å². The highest BCUT2D eigenvalue weighted by Crippen LogP contribution is 2.34. The summed E-state index contributed by atoms with van der Waals surface area (Å²) >= 11 is 1.29. The number of anilines is 1. The van der Waals surface area contributed by atoms with Gasteiger partial charge in [0.2, 0.25) is 0 Å². The fraction of sp³-hybridized carbons (Fsp3) is 0.318. The van der Waals surface area contributed by atoms with Crippen molar-refractivity contribution in [1.29, 1.82) is 0 Å². The molecule has 1 unspecified atom stereocenters. The minimum Gasteiger partial charge on any atom is -0.489 e. The second-order valence-corrected chi connectivity index (χ2v) is 7.97. The summed E-state index contributed by atoms with van der Waals surface area (Å²) in [6, 6.07) is 12.2. The van der Waals surface area contributed by atoms with Gasteiger partial charge in [-0.15, -0.1) is 11.3 Å². The van der Waals surface area contributed by atoms with Crippen molar-refractivity contribution < 1.29 is 18.7 Å². The summed E-state index contributed by atoms with van der Waals surface area (Å²) < 4.78 is 26.5. The smallest absolute Gasteiger partial charge is 0.266 e. The fourth-order valence-corrected chi connectivity index (χ4v) is 4.58. The van der Waals surface area contributed by atoms with E-state index in [1.54, 1.807) is 19.1 Å². The molecule has 6 heteroatoms. The van der Waals surface area contributed by atoms with Gasteiger partial charge in [-0.05, 0) is 56.0 Å². The minimum absolute atomic E-state index is 0.0883. The maximum absolute atomic E-state index is 14.1. The molecule has 1 aliphatic heterocycles. The van der Waals surface area contributed by atoms with Gasteiger partial charge in [0, 0.05) is 16.7 Å². The highest BCUT2D eigenvalue weighted by atomic mass is 32.1. The molecule has 4 rings (SSSR count). The molecule has 2 heterocycles. The Morgan fingerprint density at radius 2 is 2.11 bits per heavy atom. The zero-order valence-corrected chi connectivity index (χ0v) is 16.5. The van der Waals surface area contributed by atoms with Crippen molar-refractivity contribution in [3.8, 4) is 5.75 Å². The van der Waals surface area contributed by atoms with Crippen LogP contribution in [0.5, 0.6) is 5.75 Å². The monoisotopic (exact) mass is 399 g/mol. The molecule has 146 valence electrons. The average Bonchev–Trinajstić information content (AvgIpc) is 3.06. The van der Waals surface area contributed by atoms with Crippen LogP contribution in [-0.4, -0.2) is 25.2 Å². The van der Waals surface area contributed by atoms with E-state index in [0.717, 1.165) is 30.6 Å². The van der Waals surface area contributed by atoms with Crippen molar-refractivity contribution in [3.63, 3.8) is 0 Å². The lowest BCUT2D eigenvalue weighted by atomic mass is 10.1. The van der Waals surface area contributed by atoms with Crippen molar-refractivity contribution in [2.75, 3.05) is 18.5 Å². The summed E-state index contributed by atoms with van der Waals surface area (Å²) in [5.74, 6) is 0.0412. The number of thiophene rings is 1. The van der Waals surface area contributed by atoms with Gasteiger partial charge in [0.05, 0.1) is 16.7 Å². The third-order valence-electron chi connectivity index (χ3n) is 4.94. The summed E-state index contributed by atoms with van der Waals surface area (Å²) in [7, 11) is 0. The van der Waals surface area contributed by atoms with E-state index in [4.69, 9.17) is 9.47 Å². The Morgan fingerprint density at radius 3 is 2.89 bits per heavy atom. The van der Waals surface area contributed by atoms with Crippen LogP contribution in [0.25, 0.3) is 10.1 Å². The van der Waals surface area contributed by atoms with Crippen molar-refractivity contribution in [2.45, 2.75) is 32.3 Å². The van der Waals surface area contributed by atoms with E-state index in [0.29, 0.717) is 33.9 Å². The Balaban J connectivity index is 1.52. The Morgan fingerprint density at radius 1 is 1.25 bits per heavy atom. The molecule has 1 aromatic heterocycles. The number of nitrogens with one attached hydrogen (secondary N) is 1. The standard InChI is InChI=1S/C22H22FNO3S/c1-14-20-16(23)8-6-11-19(20)28-21(14)22(25)24-17-9-2-3-10-18(17)27-13-15-7-4-5-12-26-15/h2-3,6,8-11,15H,4-5,7,12-13H2,1H3,(H,24,25). The van der Waals surface area contributed by atoms with E-state index in [1.807, 2.05) is 24.3 Å². The second-order valence-electron chi connectivity index (χ2n) is 6.92. The molecule has 28 heavy (non-hydrogen) atoms. The maximum atomic E-state index is 14.1. The molecule has 1 amide bonds. The van der Waals surface area contributed by atoms with E-state index in [1.165, 1.54) is 17.4 Å². The third-order valence-corrected chi connectivity index (χ3v) is 6.20. The van der Waals surface area contributed by atoms with Crippen LogP contribution in [0.15, 0.2) is 42.5 Å². The number of carbonyl (C=O) groups excluding carboxylic acids is 1. The molecular weight excluding hydrogens is 377 g/mol. The van der Waals surface area contributed by atoms with Gasteiger partial charge in [-0.2, -0.15) is 0 Å². The van der Waals surface area contributed by atoms with Gasteiger partial charge in [-0.3, -0.25) is 4.79 Å². The quantitative estimate of drug-likeness (QED) is 0.612. The van der Waals surface area contributed by atoms with Crippen LogP contribution in [0.3, 0.4) is 0 Å². The number of hydrogen-bond acceptors (Lipinski definition) is 4. The SMILES string of the molecule is Cc1c(C(=O)Nc2ccccc2OCC2CCCCO2)sc2cccc(F)c12. The lowest BCUT2D eigenvalue weighted by Gasteiger charge is -2.23. The highest BCUT2D eigenvalue weighted by molar-refractivity contribution is 7.21. The van der Waals surface area contributed by atoms with E-state index >= 15 is 0 Å². The maximum Gasteiger partial charge on any atom is 0.266 e. The lowest BCUT2D eigenvalue weighted by Crippen LogP contribution is -2.26. The Bertz CT molecular complexity index is 995. The first kappa shape index (κ1) is 18.9. The first-order valence-corrected chi connectivity index (χ1v) is 10.3. The van der Waals surface area contributed by atoms with Crippen LogP contribution in [-0.2, 0) is 4.74 Å². The molecule has 0 saturated carbocycles. The van der Waals surface area contributed by atoms with Gasteiger partial charge in [0.15, 0.2) is 0 Å². The van der Waals surface area contributed by atoms with E-state index in [2.05, 4.69) is 5.32 Å². The summed E-state index contributed by atoms with van der Waals surface area (Å²) in [6.07, 6.45) is 3.32. The molecule has 1 saturated heterocycles. The van der Waals surface area contributed by atoms with Crippen molar-refractivity contribution in [3.05, 3.63) is 58.7 Å². The lowest BCUT2D eigenvalue weighted by molar-refractivity contribution is -0.0109. The predicted molar refractivity (Wildman–Crippen MR) is 110 cm³/mol. The van der Waals surface area contributed by atoms with Crippen LogP contribution in [0.2, 0.25) is 0 Å². The van der Waals surface area contributed by atoms with Crippen molar-refractivity contribution >= 4 is 33.0 Å². The molecule has 2 aromatic carbocycles. The van der Waals surface area contributed by atoms with Gasteiger partial charge >= 0.3 is 0 Å². The summed E-state index contributed by atoms with van der Waals surface area (Å²) in [6.45, 7) is 3.01. The van der Waals surface area contributed by atoms with E-state index in [-0.39, 0.29) is 17.8 Å². The molecule has 1 aliphatic rings. The van der Waals surface area contributed by atoms with E-state index in [9.17, 15) is 9.18 Å². The topological polar surface area (TPSA) is 47.6 Å². The largest absolute Gasteiger partial charge is 0.489 e. The Kier molecular flexibility index (Phi) is 5.59. The molecule has 4 nitrogen and oxygen atoms in total. The number of aryl methyl sites for hydroxylation is 1. The molecule has 0 aliphatic carbocycles. The highest BCUT2D eigenvalue weighted by Gasteiger charge is 2.20. The molecule has 3 aromatic rings. The third kappa shape index (κ3) is 3.88. The van der Waals surface area contributed by atoms with Crippen LogP contribution >= 0.6 is 11.3 Å². The Hall–Kier alpha value is -2.44. The van der Waals surface area contributed by atoms with E-state index < -0.39 is 0 Å². The number of fused-ring (bicyclic) bond motifs is 1. The number of amides is 1. The number of ether oxygens (including phenoxy) is 2. The number of rotatable bonds is 5. The molecule has 0 radical (unpaired) electrons. The summed E-state index contributed by atoms with van der Waals surface area (Å²) in [5.41, 5.74) is 1.25. The zero-order chi connectivity index (χ0) is 19.5. The van der Waals surface area contributed by atoms with Crippen LogP contribution in [0, 0.1) is 12.7 Å². The number of para-hydroxylation sites is 2. The molecular formula is C22H22FNO3S. The zero-order valence-electron chi connectivity index (χ0n) is 15.7.